The van der Waals surface area contributed by atoms with Crippen molar-refractivity contribution in [1.29, 1.82) is 0 Å². The monoisotopic (exact) mass is 415 g/mol. The molecule has 2 N–H and O–H groups in total. The number of ether oxygens (including phenoxy) is 1. The summed E-state index contributed by atoms with van der Waals surface area (Å²) in [5, 5.41) is 0.671. The van der Waals surface area contributed by atoms with Crippen LogP contribution in [-0.2, 0) is 17.6 Å². The van der Waals surface area contributed by atoms with Crippen molar-refractivity contribution in [1.82, 2.24) is 9.55 Å². The average molecular weight is 416 g/mol. The molecule has 3 aromatic rings. The van der Waals surface area contributed by atoms with Crippen LogP contribution in [0.15, 0.2) is 34.2 Å². The zero-order valence-corrected chi connectivity index (χ0v) is 17.4. The van der Waals surface area contributed by atoms with Crippen LogP contribution < -0.4 is 16.0 Å². The summed E-state index contributed by atoms with van der Waals surface area (Å²) < 4.78 is 6.90. The minimum atomic E-state index is -0.504. The normalized spacial score (nSPS) is 14.6. The number of hydrogen-bond acceptors (Lipinski definition) is 6. The molecule has 1 aromatic carbocycles. The Bertz CT molecular complexity index is 1120. The lowest BCUT2D eigenvalue weighted by Gasteiger charge is -2.15. The van der Waals surface area contributed by atoms with Gasteiger partial charge in [-0.25, -0.2) is 4.98 Å². The van der Waals surface area contributed by atoms with Gasteiger partial charge in [0.15, 0.2) is 5.16 Å². The van der Waals surface area contributed by atoms with Gasteiger partial charge in [0, 0.05) is 10.9 Å². The van der Waals surface area contributed by atoms with Crippen molar-refractivity contribution in [2.75, 3.05) is 7.11 Å². The highest BCUT2D eigenvalue weighted by molar-refractivity contribution is 8.00. The standard InChI is InChI=1S/C20H21N3O3S2/c1-11(17(21)24)27-20-22-18-16(14-8-3-4-9-15(14)28-18)19(25)23(20)12-6-5-7-13(10-12)26-2/h5-7,10-11H,3-4,8-9H2,1-2H3,(H2,21,24). The molecular weight excluding hydrogens is 394 g/mol. The highest BCUT2D eigenvalue weighted by Crippen LogP contribution is 2.36. The molecule has 1 aliphatic rings. The molecule has 8 heteroatoms. The highest BCUT2D eigenvalue weighted by Gasteiger charge is 2.24. The van der Waals surface area contributed by atoms with E-state index in [0.717, 1.165) is 36.1 Å². The van der Waals surface area contributed by atoms with Crippen LogP contribution >= 0.6 is 23.1 Å². The molecule has 0 fully saturated rings. The van der Waals surface area contributed by atoms with Gasteiger partial charge in [-0.05, 0) is 50.3 Å². The van der Waals surface area contributed by atoms with E-state index in [4.69, 9.17) is 15.5 Å². The summed E-state index contributed by atoms with van der Waals surface area (Å²) in [5.74, 6) is 0.206. The van der Waals surface area contributed by atoms with E-state index >= 15 is 0 Å². The number of carbonyl (C=O) groups is 1. The van der Waals surface area contributed by atoms with Crippen molar-refractivity contribution in [2.24, 2.45) is 5.73 Å². The number of benzene rings is 1. The van der Waals surface area contributed by atoms with Crippen LogP contribution in [0.25, 0.3) is 15.9 Å². The van der Waals surface area contributed by atoms with Gasteiger partial charge in [0.2, 0.25) is 5.91 Å². The number of carbonyl (C=O) groups excluding carboxylic acids is 1. The SMILES string of the molecule is COc1cccc(-n2c(SC(C)C(N)=O)nc3sc4c(c3c2=O)CCCC4)c1. The van der Waals surface area contributed by atoms with Gasteiger partial charge in [0.25, 0.3) is 5.56 Å². The fourth-order valence-electron chi connectivity index (χ4n) is 3.46. The molecule has 0 bridgehead atoms. The molecule has 1 unspecified atom stereocenters. The first kappa shape index (κ1) is 19.0. The van der Waals surface area contributed by atoms with Crippen molar-refractivity contribution in [3.8, 4) is 11.4 Å². The first-order valence-electron chi connectivity index (χ1n) is 9.17. The number of hydrogen-bond donors (Lipinski definition) is 1. The fraction of sp³-hybridized carbons (Fsp3) is 0.350. The Balaban J connectivity index is 1.99. The molecule has 146 valence electrons. The summed E-state index contributed by atoms with van der Waals surface area (Å²) >= 11 is 2.80. The van der Waals surface area contributed by atoms with Crippen molar-refractivity contribution in [3.05, 3.63) is 45.1 Å². The Morgan fingerprint density at radius 2 is 2.14 bits per heavy atom. The number of nitrogens with zero attached hydrogens (tertiary/aromatic N) is 2. The number of amides is 1. The topological polar surface area (TPSA) is 87.2 Å². The van der Waals surface area contributed by atoms with Gasteiger partial charge < -0.3 is 10.5 Å². The Morgan fingerprint density at radius 1 is 1.36 bits per heavy atom. The summed E-state index contributed by atoms with van der Waals surface area (Å²) in [5.41, 5.74) is 7.16. The van der Waals surface area contributed by atoms with Crippen molar-refractivity contribution in [2.45, 2.75) is 43.0 Å². The van der Waals surface area contributed by atoms with Crippen molar-refractivity contribution in [3.63, 3.8) is 0 Å². The number of methoxy groups -OCH3 is 1. The van der Waals surface area contributed by atoms with E-state index in [1.807, 2.05) is 18.2 Å². The van der Waals surface area contributed by atoms with E-state index < -0.39 is 11.2 Å². The third-order valence-electron chi connectivity index (χ3n) is 4.95. The number of thioether (sulfide) groups is 1. The molecule has 0 radical (unpaired) electrons. The zero-order valence-electron chi connectivity index (χ0n) is 15.7. The van der Waals surface area contributed by atoms with E-state index in [0.29, 0.717) is 22.0 Å². The summed E-state index contributed by atoms with van der Waals surface area (Å²) in [6.07, 6.45) is 4.14. The number of aryl methyl sites for hydroxylation is 2. The third kappa shape index (κ3) is 3.31. The molecule has 1 atom stereocenters. The Kier molecular flexibility index (Phi) is 5.16. The Hall–Kier alpha value is -2.32. The lowest BCUT2D eigenvalue weighted by molar-refractivity contribution is -0.117. The zero-order chi connectivity index (χ0) is 19.8. The summed E-state index contributed by atoms with van der Waals surface area (Å²) in [6, 6.07) is 7.30. The van der Waals surface area contributed by atoms with Crippen molar-refractivity contribution < 1.29 is 9.53 Å². The molecule has 1 amide bonds. The maximum absolute atomic E-state index is 13.6. The molecule has 2 aromatic heterocycles. The second-order valence-electron chi connectivity index (χ2n) is 6.79. The third-order valence-corrected chi connectivity index (χ3v) is 7.21. The molecule has 0 saturated heterocycles. The maximum Gasteiger partial charge on any atom is 0.267 e. The number of fused-ring (bicyclic) bond motifs is 3. The van der Waals surface area contributed by atoms with Gasteiger partial charge in [0.1, 0.15) is 10.6 Å². The molecule has 4 rings (SSSR count). The average Bonchev–Trinajstić information content (AvgIpc) is 3.06. The van der Waals surface area contributed by atoms with E-state index in [1.54, 1.807) is 36.0 Å². The van der Waals surface area contributed by atoms with Gasteiger partial charge in [-0.2, -0.15) is 0 Å². The van der Waals surface area contributed by atoms with Crippen LogP contribution in [0.3, 0.4) is 0 Å². The lowest BCUT2D eigenvalue weighted by Crippen LogP contribution is -2.26. The van der Waals surface area contributed by atoms with Gasteiger partial charge in [-0.15, -0.1) is 11.3 Å². The minimum Gasteiger partial charge on any atom is -0.497 e. The van der Waals surface area contributed by atoms with E-state index in [2.05, 4.69) is 0 Å². The summed E-state index contributed by atoms with van der Waals surface area (Å²) in [6.45, 7) is 1.72. The van der Waals surface area contributed by atoms with Crippen LogP contribution in [0.5, 0.6) is 5.75 Å². The van der Waals surface area contributed by atoms with Crippen LogP contribution in [-0.4, -0.2) is 27.8 Å². The second-order valence-corrected chi connectivity index (χ2v) is 9.18. The van der Waals surface area contributed by atoms with E-state index in [-0.39, 0.29) is 5.56 Å². The fourth-order valence-corrected chi connectivity index (χ4v) is 5.64. The number of thiophene rings is 1. The molecule has 2 heterocycles. The smallest absolute Gasteiger partial charge is 0.267 e. The lowest BCUT2D eigenvalue weighted by atomic mass is 9.97. The van der Waals surface area contributed by atoms with Crippen LogP contribution in [0.4, 0.5) is 0 Å². The number of nitrogens with two attached hydrogens (primary N) is 1. The predicted molar refractivity (Wildman–Crippen MR) is 113 cm³/mol. The molecule has 1 aliphatic carbocycles. The van der Waals surface area contributed by atoms with Gasteiger partial charge in [0.05, 0.1) is 23.4 Å². The minimum absolute atomic E-state index is 0.100. The number of aromatic nitrogens is 2. The van der Waals surface area contributed by atoms with Gasteiger partial charge in [-0.3, -0.25) is 14.2 Å². The first-order valence-corrected chi connectivity index (χ1v) is 10.9. The van der Waals surface area contributed by atoms with Crippen LogP contribution in [0, 0.1) is 0 Å². The van der Waals surface area contributed by atoms with Crippen LogP contribution in [0.1, 0.15) is 30.2 Å². The van der Waals surface area contributed by atoms with Crippen LogP contribution in [0.2, 0.25) is 0 Å². The molecule has 0 aliphatic heterocycles. The first-order chi connectivity index (χ1) is 13.5. The largest absolute Gasteiger partial charge is 0.497 e. The van der Waals surface area contributed by atoms with Gasteiger partial charge in [-0.1, -0.05) is 17.8 Å². The summed E-state index contributed by atoms with van der Waals surface area (Å²) in [7, 11) is 1.59. The highest BCUT2D eigenvalue weighted by atomic mass is 32.2. The molecule has 0 spiro atoms. The van der Waals surface area contributed by atoms with E-state index in [9.17, 15) is 9.59 Å². The second kappa shape index (κ2) is 7.60. The number of rotatable bonds is 5. The predicted octanol–water partition coefficient (Wildman–Crippen LogP) is 3.30. The molecule has 28 heavy (non-hydrogen) atoms. The summed E-state index contributed by atoms with van der Waals surface area (Å²) in [4.78, 5) is 32.0. The Labute approximate surface area is 170 Å². The van der Waals surface area contributed by atoms with Gasteiger partial charge >= 0.3 is 0 Å². The quantitative estimate of drug-likeness (QED) is 0.510. The van der Waals surface area contributed by atoms with E-state index in [1.165, 1.54) is 16.6 Å². The van der Waals surface area contributed by atoms with Crippen molar-refractivity contribution >= 4 is 39.2 Å². The molecule has 6 nitrogen and oxygen atoms in total. The Morgan fingerprint density at radius 3 is 2.89 bits per heavy atom. The number of primary amides is 1. The maximum atomic E-state index is 13.6. The molecule has 0 saturated carbocycles. The molecular formula is C20H21N3O3S2.